The van der Waals surface area contributed by atoms with Crippen molar-refractivity contribution in [1.82, 2.24) is 0 Å². The van der Waals surface area contributed by atoms with Crippen LogP contribution in [0.2, 0.25) is 0 Å². The van der Waals surface area contributed by atoms with Gasteiger partial charge in [0.2, 0.25) is 0 Å². The van der Waals surface area contributed by atoms with Crippen molar-refractivity contribution < 1.29 is 43.9 Å². The van der Waals surface area contributed by atoms with E-state index in [1.807, 2.05) is 6.92 Å². The van der Waals surface area contributed by atoms with Gasteiger partial charge in [0.05, 0.1) is 45.6 Å². The van der Waals surface area contributed by atoms with Crippen LogP contribution in [0, 0.1) is 34.5 Å². The molecular formula is C21H32O9. The Labute approximate surface area is 175 Å². The van der Waals surface area contributed by atoms with E-state index >= 15 is 0 Å². The largest absolute Gasteiger partial charge is 0.469 e. The molecule has 0 saturated heterocycles. The van der Waals surface area contributed by atoms with E-state index in [2.05, 4.69) is 0 Å². The second-order valence-electron chi connectivity index (χ2n) is 9.25. The number of rotatable bonds is 3. The van der Waals surface area contributed by atoms with Gasteiger partial charge in [-0.15, -0.1) is 0 Å². The quantitative estimate of drug-likeness (QED) is 0.323. The normalized spacial score (nSPS) is 42.3. The average Bonchev–Trinajstić information content (AvgIpc) is 2.76. The van der Waals surface area contributed by atoms with Crippen molar-refractivity contribution in [1.29, 1.82) is 0 Å². The number of aliphatic hydroxyl groups is 3. The van der Waals surface area contributed by atoms with Crippen LogP contribution in [0.1, 0.15) is 39.0 Å². The molecule has 0 aromatic heterocycles. The van der Waals surface area contributed by atoms with E-state index < -0.39 is 64.8 Å². The molecule has 3 fully saturated rings. The van der Waals surface area contributed by atoms with Crippen LogP contribution in [0.5, 0.6) is 0 Å². The van der Waals surface area contributed by atoms with E-state index in [0.29, 0.717) is 19.3 Å². The number of ether oxygens (including phenoxy) is 3. The van der Waals surface area contributed by atoms with Gasteiger partial charge in [-0.05, 0) is 49.4 Å². The summed E-state index contributed by atoms with van der Waals surface area (Å²) in [6.07, 6.45) is -2.08. The lowest BCUT2D eigenvalue weighted by atomic mass is 9.44. The third kappa shape index (κ3) is 3.13. The zero-order chi connectivity index (χ0) is 22.4. The molecule has 3 aliphatic rings. The highest BCUT2D eigenvalue weighted by molar-refractivity contribution is 6.00. The minimum atomic E-state index is -1.54. The molecule has 0 radical (unpaired) electrons. The Hall–Kier alpha value is -1.71. The molecule has 9 nitrogen and oxygen atoms in total. The number of hydrogen-bond acceptors (Lipinski definition) is 9. The fourth-order valence-corrected chi connectivity index (χ4v) is 6.68. The third-order valence-electron chi connectivity index (χ3n) is 8.15. The average molecular weight is 428 g/mol. The standard InChI is InChI=1S/C21H32O9/c1-20-7-6-12(22)13(17(25)28-2)14(20)16(24)15(23)10-9-21(18(26)29-3,19(27)30-4)8-5-11(10)20/h10-16,22-24H,5-9H2,1-4H3/t10-,11-,12+,13-,14-,15-,16+,20-/m1/s1. The first-order valence-corrected chi connectivity index (χ1v) is 10.4. The van der Waals surface area contributed by atoms with Crippen molar-refractivity contribution in [2.75, 3.05) is 21.3 Å². The number of hydrogen-bond donors (Lipinski definition) is 3. The molecule has 0 aliphatic heterocycles. The summed E-state index contributed by atoms with van der Waals surface area (Å²) < 4.78 is 14.7. The van der Waals surface area contributed by atoms with Crippen LogP contribution < -0.4 is 0 Å². The van der Waals surface area contributed by atoms with Gasteiger partial charge in [0.15, 0.2) is 5.41 Å². The lowest BCUT2D eigenvalue weighted by molar-refractivity contribution is -0.232. The molecule has 3 N–H and O–H groups in total. The van der Waals surface area contributed by atoms with Crippen molar-refractivity contribution in [2.24, 2.45) is 34.5 Å². The summed E-state index contributed by atoms with van der Waals surface area (Å²) in [5.74, 6) is -4.43. The molecular weight excluding hydrogens is 396 g/mol. The lowest BCUT2D eigenvalue weighted by Crippen LogP contribution is -2.66. The predicted octanol–water partition coefficient (Wildman–Crippen LogP) is 0.0369. The second-order valence-corrected chi connectivity index (χ2v) is 9.25. The van der Waals surface area contributed by atoms with Gasteiger partial charge in [0.1, 0.15) is 0 Å². The molecule has 0 aromatic carbocycles. The van der Waals surface area contributed by atoms with Crippen LogP contribution in [0.15, 0.2) is 0 Å². The van der Waals surface area contributed by atoms with Crippen molar-refractivity contribution in [2.45, 2.75) is 57.3 Å². The van der Waals surface area contributed by atoms with Crippen molar-refractivity contribution in [3.63, 3.8) is 0 Å². The molecule has 0 unspecified atom stereocenters. The van der Waals surface area contributed by atoms with E-state index in [-0.39, 0.29) is 18.8 Å². The highest BCUT2D eigenvalue weighted by Crippen LogP contribution is 2.63. The van der Waals surface area contributed by atoms with Gasteiger partial charge in [-0.3, -0.25) is 14.4 Å². The molecule has 3 saturated carbocycles. The Balaban J connectivity index is 2.02. The summed E-state index contributed by atoms with van der Waals surface area (Å²) in [4.78, 5) is 37.6. The van der Waals surface area contributed by atoms with Crippen molar-refractivity contribution in [3.05, 3.63) is 0 Å². The van der Waals surface area contributed by atoms with E-state index in [1.165, 1.54) is 21.3 Å². The molecule has 30 heavy (non-hydrogen) atoms. The molecule has 9 heteroatoms. The minimum absolute atomic E-state index is 0.0109. The molecule has 0 aromatic rings. The van der Waals surface area contributed by atoms with Gasteiger partial charge >= 0.3 is 17.9 Å². The van der Waals surface area contributed by atoms with Gasteiger partial charge in [0, 0.05) is 5.92 Å². The van der Waals surface area contributed by atoms with Crippen LogP contribution in [0.4, 0.5) is 0 Å². The monoisotopic (exact) mass is 428 g/mol. The number of carbonyl (C=O) groups excluding carboxylic acids is 3. The molecule has 170 valence electrons. The molecule has 0 amide bonds. The number of aliphatic hydroxyl groups excluding tert-OH is 3. The SMILES string of the molecule is COC(=O)[C@H]1[C@@H]2[C@H](O)[C@H](O)[C@@H]3CC(C(=O)OC)(C(=O)OC)CC[C@H]3[C@@]2(C)CC[C@@H]1O. The second kappa shape index (κ2) is 8.09. The van der Waals surface area contributed by atoms with E-state index in [1.54, 1.807) is 0 Å². The Kier molecular flexibility index (Phi) is 6.19. The summed E-state index contributed by atoms with van der Waals surface area (Å²) in [5.41, 5.74) is -2.12. The first-order chi connectivity index (χ1) is 14.1. The minimum Gasteiger partial charge on any atom is -0.469 e. The first-order valence-electron chi connectivity index (χ1n) is 10.4. The maximum Gasteiger partial charge on any atom is 0.323 e. The van der Waals surface area contributed by atoms with Crippen LogP contribution in [0.3, 0.4) is 0 Å². The van der Waals surface area contributed by atoms with E-state index in [4.69, 9.17) is 14.2 Å². The van der Waals surface area contributed by atoms with Gasteiger partial charge in [-0.2, -0.15) is 0 Å². The van der Waals surface area contributed by atoms with Crippen LogP contribution >= 0.6 is 0 Å². The number of methoxy groups -OCH3 is 3. The predicted molar refractivity (Wildman–Crippen MR) is 102 cm³/mol. The number of fused-ring (bicyclic) bond motifs is 3. The summed E-state index contributed by atoms with van der Waals surface area (Å²) in [7, 11) is 3.63. The van der Waals surface area contributed by atoms with Gasteiger partial charge in [-0.25, -0.2) is 0 Å². The molecule has 3 aliphatic carbocycles. The Morgan fingerprint density at radius 1 is 0.867 bits per heavy atom. The van der Waals surface area contributed by atoms with Crippen LogP contribution in [-0.2, 0) is 28.6 Å². The zero-order valence-electron chi connectivity index (χ0n) is 17.9. The van der Waals surface area contributed by atoms with Gasteiger partial charge in [0.25, 0.3) is 0 Å². The molecule has 0 heterocycles. The smallest absolute Gasteiger partial charge is 0.323 e. The third-order valence-corrected chi connectivity index (χ3v) is 8.15. The zero-order valence-corrected chi connectivity index (χ0v) is 17.9. The maximum absolute atomic E-state index is 12.6. The topological polar surface area (TPSA) is 140 Å². The molecule has 0 bridgehead atoms. The van der Waals surface area contributed by atoms with Gasteiger partial charge < -0.3 is 29.5 Å². The van der Waals surface area contributed by atoms with Crippen molar-refractivity contribution >= 4 is 17.9 Å². The summed E-state index contributed by atoms with van der Waals surface area (Å²) in [6.45, 7) is 1.95. The van der Waals surface area contributed by atoms with Crippen molar-refractivity contribution in [3.8, 4) is 0 Å². The Morgan fingerprint density at radius 2 is 1.47 bits per heavy atom. The van der Waals surface area contributed by atoms with E-state index in [0.717, 1.165) is 0 Å². The number of esters is 3. The molecule has 3 rings (SSSR count). The van der Waals surface area contributed by atoms with Crippen LogP contribution in [-0.4, -0.2) is 72.9 Å². The fourth-order valence-electron chi connectivity index (χ4n) is 6.68. The highest BCUT2D eigenvalue weighted by atomic mass is 16.5. The fraction of sp³-hybridized carbons (Fsp3) is 0.857. The van der Waals surface area contributed by atoms with Gasteiger partial charge in [-0.1, -0.05) is 6.92 Å². The first kappa shape index (κ1) is 23.0. The lowest BCUT2D eigenvalue weighted by Gasteiger charge is -2.62. The Bertz CT molecular complexity index is 691. The van der Waals surface area contributed by atoms with E-state index in [9.17, 15) is 29.7 Å². The highest BCUT2D eigenvalue weighted by Gasteiger charge is 2.66. The number of carbonyl (C=O) groups is 3. The summed E-state index contributed by atoms with van der Waals surface area (Å²) in [5, 5.41) is 32.6. The molecule has 0 spiro atoms. The maximum atomic E-state index is 12.6. The Morgan fingerprint density at radius 3 is 2.00 bits per heavy atom. The molecule has 8 atom stereocenters. The summed E-state index contributed by atoms with van der Waals surface area (Å²) in [6, 6.07) is 0. The van der Waals surface area contributed by atoms with Crippen LogP contribution in [0.25, 0.3) is 0 Å². The summed E-state index contributed by atoms with van der Waals surface area (Å²) >= 11 is 0.